The van der Waals surface area contributed by atoms with E-state index in [0.29, 0.717) is 17.5 Å². The minimum Gasteiger partial charge on any atom is -0.395 e. The Morgan fingerprint density at radius 3 is 2.92 bits per heavy atom. The maximum atomic E-state index is 8.73. The van der Waals surface area contributed by atoms with Crippen molar-refractivity contribution in [2.75, 3.05) is 6.61 Å². The van der Waals surface area contributed by atoms with Crippen LogP contribution in [0.5, 0.6) is 0 Å². The molecule has 1 unspecified atom stereocenters. The van der Waals surface area contributed by atoms with Crippen LogP contribution < -0.4 is 0 Å². The highest BCUT2D eigenvalue weighted by Crippen LogP contribution is 2.15. The van der Waals surface area contributed by atoms with E-state index in [2.05, 4.69) is 10.1 Å². The summed E-state index contributed by atoms with van der Waals surface area (Å²) >= 11 is 1.60. The van der Waals surface area contributed by atoms with E-state index in [0.717, 1.165) is 0 Å². The average molecular weight is 188 g/mol. The van der Waals surface area contributed by atoms with E-state index in [1.165, 1.54) is 0 Å². The number of aromatic nitrogens is 2. The van der Waals surface area contributed by atoms with Crippen LogP contribution >= 0.6 is 11.8 Å². The van der Waals surface area contributed by atoms with Crippen LogP contribution in [0.2, 0.25) is 0 Å². The fourth-order valence-corrected chi connectivity index (χ4v) is 1.31. The molecule has 1 N–H and O–H groups in total. The number of aryl methyl sites for hydroxylation is 1. The summed E-state index contributed by atoms with van der Waals surface area (Å²) in [6, 6.07) is 0. The summed E-state index contributed by atoms with van der Waals surface area (Å²) in [5.41, 5.74) is 0. The van der Waals surface area contributed by atoms with Crippen molar-refractivity contribution in [2.45, 2.75) is 24.9 Å². The van der Waals surface area contributed by atoms with Crippen molar-refractivity contribution in [1.29, 1.82) is 0 Å². The van der Waals surface area contributed by atoms with E-state index in [1.54, 1.807) is 18.7 Å². The quantitative estimate of drug-likeness (QED) is 0.763. The van der Waals surface area contributed by atoms with Gasteiger partial charge < -0.3 is 9.63 Å². The largest absolute Gasteiger partial charge is 0.395 e. The highest BCUT2D eigenvalue weighted by Gasteiger charge is 2.05. The Balaban J connectivity index is 2.33. The maximum absolute atomic E-state index is 8.73. The molecule has 0 aromatic carbocycles. The highest BCUT2D eigenvalue weighted by atomic mass is 32.2. The third-order valence-electron chi connectivity index (χ3n) is 1.32. The summed E-state index contributed by atoms with van der Waals surface area (Å²) in [6.07, 6.45) is 0. The van der Waals surface area contributed by atoms with Crippen LogP contribution in [0.25, 0.3) is 0 Å². The summed E-state index contributed by atoms with van der Waals surface area (Å²) in [6.45, 7) is 3.92. The predicted molar refractivity (Wildman–Crippen MR) is 46.9 cm³/mol. The minimum atomic E-state index is 0.178. The number of aliphatic hydroxyl groups is 1. The number of nitrogens with zero attached hydrogens (tertiary/aromatic N) is 2. The van der Waals surface area contributed by atoms with Crippen LogP contribution in [0.15, 0.2) is 4.52 Å². The molecule has 5 heteroatoms. The summed E-state index contributed by atoms with van der Waals surface area (Å²) in [7, 11) is 0. The maximum Gasteiger partial charge on any atom is 0.236 e. The Morgan fingerprint density at radius 2 is 2.42 bits per heavy atom. The van der Waals surface area contributed by atoms with Gasteiger partial charge in [-0.3, -0.25) is 0 Å². The van der Waals surface area contributed by atoms with E-state index in [1.807, 2.05) is 6.92 Å². The molecule has 0 aliphatic carbocycles. The third kappa shape index (κ3) is 2.83. The summed E-state index contributed by atoms with van der Waals surface area (Å²) in [5.74, 6) is 1.95. The molecule has 0 aliphatic rings. The molecule has 1 aromatic rings. The lowest BCUT2D eigenvalue weighted by Crippen LogP contribution is -2.02. The molecular formula is C7H12N2O2S. The summed E-state index contributed by atoms with van der Waals surface area (Å²) in [5, 5.41) is 12.6. The van der Waals surface area contributed by atoms with Crippen LogP contribution in [0.4, 0.5) is 0 Å². The Bertz CT molecular complexity index is 239. The van der Waals surface area contributed by atoms with Gasteiger partial charge in [-0.1, -0.05) is 12.1 Å². The first kappa shape index (κ1) is 9.54. The molecule has 12 heavy (non-hydrogen) atoms. The lowest BCUT2D eigenvalue weighted by Gasteiger charge is -2.03. The zero-order valence-electron chi connectivity index (χ0n) is 7.15. The van der Waals surface area contributed by atoms with Gasteiger partial charge >= 0.3 is 0 Å². The molecule has 1 rings (SSSR count). The smallest absolute Gasteiger partial charge is 0.236 e. The average Bonchev–Trinajstić information content (AvgIpc) is 2.47. The molecule has 0 fully saturated rings. The van der Waals surface area contributed by atoms with Crippen LogP contribution in [-0.4, -0.2) is 27.1 Å². The number of hydrogen-bond donors (Lipinski definition) is 1. The second-order valence-corrected chi connectivity index (χ2v) is 3.97. The standard InChI is InChI=1S/C7H12N2O2S/c1-5(3-10)12-4-7-8-6(2)9-11-7/h5,10H,3-4H2,1-2H3. The topological polar surface area (TPSA) is 59.2 Å². The number of thioether (sulfide) groups is 1. The van der Waals surface area contributed by atoms with Crippen LogP contribution in [-0.2, 0) is 5.75 Å². The highest BCUT2D eigenvalue weighted by molar-refractivity contribution is 7.99. The molecule has 0 radical (unpaired) electrons. The van der Waals surface area contributed by atoms with Gasteiger partial charge in [-0.05, 0) is 6.92 Å². The first-order chi connectivity index (χ1) is 5.72. The molecule has 68 valence electrons. The van der Waals surface area contributed by atoms with E-state index < -0.39 is 0 Å². The van der Waals surface area contributed by atoms with Crippen molar-refractivity contribution in [3.8, 4) is 0 Å². The molecule has 0 aliphatic heterocycles. The van der Waals surface area contributed by atoms with E-state index >= 15 is 0 Å². The van der Waals surface area contributed by atoms with Crippen molar-refractivity contribution in [3.63, 3.8) is 0 Å². The van der Waals surface area contributed by atoms with Crippen molar-refractivity contribution in [3.05, 3.63) is 11.7 Å². The van der Waals surface area contributed by atoms with Gasteiger partial charge in [0.25, 0.3) is 0 Å². The number of rotatable bonds is 4. The molecule has 0 amide bonds. The van der Waals surface area contributed by atoms with Gasteiger partial charge in [0, 0.05) is 5.25 Å². The molecule has 1 aromatic heterocycles. The lowest BCUT2D eigenvalue weighted by atomic mass is 10.5. The minimum absolute atomic E-state index is 0.178. The fourth-order valence-electron chi connectivity index (χ4n) is 0.665. The summed E-state index contributed by atoms with van der Waals surface area (Å²) < 4.78 is 4.90. The van der Waals surface area contributed by atoms with Gasteiger partial charge in [-0.25, -0.2) is 0 Å². The van der Waals surface area contributed by atoms with E-state index in [-0.39, 0.29) is 11.9 Å². The molecule has 0 spiro atoms. The van der Waals surface area contributed by atoms with Gasteiger partial charge in [0.2, 0.25) is 5.89 Å². The Morgan fingerprint density at radius 1 is 1.67 bits per heavy atom. The van der Waals surface area contributed by atoms with Crippen molar-refractivity contribution < 1.29 is 9.63 Å². The molecule has 1 atom stereocenters. The Labute approximate surface area is 75.4 Å². The fraction of sp³-hybridized carbons (Fsp3) is 0.714. The Hall–Kier alpha value is -0.550. The van der Waals surface area contributed by atoms with E-state index in [4.69, 9.17) is 9.63 Å². The van der Waals surface area contributed by atoms with Gasteiger partial charge in [-0.15, -0.1) is 11.8 Å². The van der Waals surface area contributed by atoms with Crippen LogP contribution in [0.3, 0.4) is 0 Å². The molecule has 4 nitrogen and oxygen atoms in total. The first-order valence-corrected chi connectivity index (χ1v) is 4.79. The Kier molecular flexibility index (Phi) is 3.55. The molecule has 1 heterocycles. The molecule has 0 bridgehead atoms. The van der Waals surface area contributed by atoms with E-state index in [9.17, 15) is 0 Å². The van der Waals surface area contributed by atoms with Crippen molar-refractivity contribution in [2.24, 2.45) is 0 Å². The normalized spacial score (nSPS) is 13.2. The van der Waals surface area contributed by atoms with Gasteiger partial charge in [-0.2, -0.15) is 4.98 Å². The van der Waals surface area contributed by atoms with Crippen LogP contribution in [0, 0.1) is 6.92 Å². The second kappa shape index (κ2) is 4.47. The van der Waals surface area contributed by atoms with Crippen LogP contribution in [0.1, 0.15) is 18.6 Å². The lowest BCUT2D eigenvalue weighted by molar-refractivity contribution is 0.300. The van der Waals surface area contributed by atoms with Gasteiger partial charge in [0.15, 0.2) is 5.82 Å². The van der Waals surface area contributed by atoms with Gasteiger partial charge in [0.1, 0.15) is 0 Å². The van der Waals surface area contributed by atoms with Crippen molar-refractivity contribution >= 4 is 11.8 Å². The molecule has 0 saturated heterocycles. The zero-order chi connectivity index (χ0) is 8.97. The monoisotopic (exact) mass is 188 g/mol. The SMILES string of the molecule is Cc1noc(CSC(C)CO)n1. The summed E-state index contributed by atoms with van der Waals surface area (Å²) in [4.78, 5) is 4.04. The molecule has 0 saturated carbocycles. The number of hydrogen-bond acceptors (Lipinski definition) is 5. The predicted octanol–water partition coefficient (Wildman–Crippen LogP) is 0.992. The second-order valence-electron chi connectivity index (χ2n) is 2.54. The zero-order valence-corrected chi connectivity index (χ0v) is 7.97. The first-order valence-electron chi connectivity index (χ1n) is 3.74. The molecular weight excluding hydrogens is 176 g/mol. The van der Waals surface area contributed by atoms with Gasteiger partial charge in [0.05, 0.1) is 12.4 Å². The third-order valence-corrected chi connectivity index (χ3v) is 2.45. The number of aliphatic hydroxyl groups excluding tert-OH is 1. The van der Waals surface area contributed by atoms with Crippen molar-refractivity contribution in [1.82, 2.24) is 10.1 Å².